The molecule has 0 spiro atoms. The molecule has 3 heterocycles. The lowest BCUT2D eigenvalue weighted by molar-refractivity contribution is 0.105. The van der Waals surface area contributed by atoms with E-state index in [4.69, 9.17) is 4.98 Å². The topological polar surface area (TPSA) is 53.4 Å². The molecule has 5 rings (SSSR count). The molecule has 2 aromatic carbocycles. The monoisotopic (exact) mass is 485 g/mol. The Hall–Kier alpha value is -3.12. The molecule has 3 aromatic rings. The Morgan fingerprint density at radius 1 is 0.944 bits per heavy atom. The molecule has 1 aromatic heterocycles. The number of carbonyl (C=O) groups excluding carboxylic acids is 1. The smallest absolute Gasteiger partial charge is 0.326 e. The highest BCUT2D eigenvalue weighted by molar-refractivity contribution is 6.01. The maximum atomic E-state index is 13.3. The zero-order chi connectivity index (χ0) is 25.2. The van der Waals surface area contributed by atoms with Gasteiger partial charge in [-0.05, 0) is 84.1 Å². The molecule has 6 heteroatoms. The van der Waals surface area contributed by atoms with Crippen LogP contribution in [0.4, 0.5) is 16.2 Å². The number of benzene rings is 2. The molecule has 2 unspecified atom stereocenters. The molecular weight excluding hydrogens is 446 g/mol. The molecule has 2 atom stereocenters. The van der Waals surface area contributed by atoms with Crippen LogP contribution < -0.4 is 10.2 Å². The summed E-state index contributed by atoms with van der Waals surface area (Å²) in [6.45, 7) is 10.3. The zero-order valence-electron chi connectivity index (χ0n) is 22.1. The molecule has 2 aliphatic heterocycles. The highest BCUT2D eigenvalue weighted by Gasteiger charge is 2.41. The van der Waals surface area contributed by atoms with E-state index < -0.39 is 0 Å². The van der Waals surface area contributed by atoms with Crippen LogP contribution in [0.2, 0.25) is 0 Å². The summed E-state index contributed by atoms with van der Waals surface area (Å²) in [5.74, 6) is 1.15. The molecule has 2 fully saturated rings. The van der Waals surface area contributed by atoms with Crippen molar-refractivity contribution in [2.45, 2.75) is 77.9 Å². The molecule has 1 N–H and O–H groups in total. The number of nitrogens with one attached hydrogen (secondary N) is 1. The van der Waals surface area contributed by atoms with Crippen molar-refractivity contribution in [3.05, 3.63) is 77.4 Å². The van der Waals surface area contributed by atoms with Gasteiger partial charge in [0.1, 0.15) is 5.82 Å². The Morgan fingerprint density at radius 2 is 1.61 bits per heavy atom. The molecule has 36 heavy (non-hydrogen) atoms. The second-order valence-electron chi connectivity index (χ2n) is 10.6. The van der Waals surface area contributed by atoms with E-state index in [0.29, 0.717) is 24.7 Å². The molecule has 6 nitrogen and oxygen atoms in total. The Bertz CT molecular complexity index is 1170. The number of anilines is 2. The first-order valence-corrected chi connectivity index (χ1v) is 13.4. The number of aromatic nitrogens is 2. The third kappa shape index (κ3) is 5.05. The molecule has 0 aliphatic carbocycles. The van der Waals surface area contributed by atoms with Crippen LogP contribution in [0.5, 0.6) is 0 Å². The van der Waals surface area contributed by atoms with Crippen LogP contribution in [0.3, 0.4) is 0 Å². The van der Waals surface area contributed by atoms with E-state index in [9.17, 15) is 4.79 Å². The van der Waals surface area contributed by atoms with Gasteiger partial charge in [-0.2, -0.15) is 0 Å². The van der Waals surface area contributed by atoms with Crippen LogP contribution in [0.1, 0.15) is 60.9 Å². The Labute approximate surface area is 215 Å². The summed E-state index contributed by atoms with van der Waals surface area (Å²) in [4.78, 5) is 22.6. The number of carbonyl (C=O) groups is 1. The number of para-hydroxylation sites is 1. The van der Waals surface area contributed by atoms with Crippen LogP contribution in [0, 0.1) is 27.7 Å². The first kappa shape index (κ1) is 24.6. The Kier molecular flexibility index (Phi) is 7.15. The van der Waals surface area contributed by atoms with Gasteiger partial charge in [0.25, 0.3) is 0 Å². The summed E-state index contributed by atoms with van der Waals surface area (Å²) in [7, 11) is 0. The summed E-state index contributed by atoms with van der Waals surface area (Å²) in [5, 5.41) is 3.09. The molecule has 2 bridgehead atoms. The van der Waals surface area contributed by atoms with E-state index in [2.05, 4.69) is 42.5 Å². The highest BCUT2D eigenvalue weighted by Crippen LogP contribution is 2.42. The lowest BCUT2D eigenvalue weighted by Gasteiger charge is -2.40. The number of aryl methyl sites for hydroxylation is 3. The molecule has 2 aliphatic rings. The van der Waals surface area contributed by atoms with E-state index in [-0.39, 0.29) is 6.03 Å². The van der Waals surface area contributed by atoms with Crippen molar-refractivity contribution in [1.29, 1.82) is 0 Å². The number of hydrogen-bond donors (Lipinski definition) is 1. The predicted octanol–water partition coefficient (Wildman–Crippen LogP) is 6.41. The van der Waals surface area contributed by atoms with Gasteiger partial charge in [0.15, 0.2) is 0 Å². The molecular formula is C30H39N5O. The van der Waals surface area contributed by atoms with E-state index in [0.717, 1.165) is 35.9 Å². The summed E-state index contributed by atoms with van der Waals surface area (Å²) in [6, 6.07) is 19.7. The van der Waals surface area contributed by atoms with Crippen molar-refractivity contribution in [3.8, 4) is 0 Å². The van der Waals surface area contributed by atoms with Gasteiger partial charge in [-0.1, -0.05) is 35.9 Å². The fourth-order valence-corrected chi connectivity index (χ4v) is 6.35. The van der Waals surface area contributed by atoms with Crippen LogP contribution in [0.25, 0.3) is 0 Å². The lowest BCUT2D eigenvalue weighted by Crippen LogP contribution is -2.45. The van der Waals surface area contributed by atoms with Crippen molar-refractivity contribution in [1.82, 2.24) is 14.5 Å². The van der Waals surface area contributed by atoms with Gasteiger partial charge >= 0.3 is 6.03 Å². The minimum Gasteiger partial charge on any atom is -0.329 e. The molecule has 0 saturated carbocycles. The van der Waals surface area contributed by atoms with E-state index in [1.165, 1.54) is 36.9 Å². The first-order chi connectivity index (χ1) is 17.4. The fourth-order valence-electron chi connectivity index (χ4n) is 6.35. The second-order valence-corrected chi connectivity index (χ2v) is 10.6. The largest absolute Gasteiger partial charge is 0.329 e. The zero-order valence-corrected chi connectivity index (χ0v) is 22.1. The van der Waals surface area contributed by atoms with Gasteiger partial charge in [-0.15, -0.1) is 0 Å². The number of amides is 2. The van der Waals surface area contributed by atoms with Gasteiger partial charge < -0.3 is 9.88 Å². The average molecular weight is 486 g/mol. The molecule has 2 amide bonds. The Morgan fingerprint density at radius 3 is 2.22 bits per heavy atom. The number of hydrogen-bond acceptors (Lipinski definition) is 3. The number of fused-ring (bicyclic) bond motifs is 2. The third-order valence-corrected chi connectivity index (χ3v) is 8.20. The normalized spacial score (nSPS) is 21.5. The lowest BCUT2D eigenvalue weighted by atomic mass is 9.96. The average Bonchev–Trinajstić information content (AvgIpc) is 3.26. The van der Waals surface area contributed by atoms with E-state index >= 15 is 0 Å². The summed E-state index contributed by atoms with van der Waals surface area (Å²) < 4.78 is 2.49. The third-order valence-electron chi connectivity index (χ3n) is 8.20. The van der Waals surface area contributed by atoms with Crippen molar-refractivity contribution in [2.75, 3.05) is 23.3 Å². The SMILES string of the molecule is Cc1ccc(NC(=O)N(CCCN2C3CCC2CC(n2c(C)nc(C)c2C)C3)c2ccccc2)cc1. The van der Waals surface area contributed by atoms with Crippen molar-refractivity contribution < 1.29 is 4.79 Å². The van der Waals surface area contributed by atoms with Crippen molar-refractivity contribution in [2.24, 2.45) is 0 Å². The highest BCUT2D eigenvalue weighted by atomic mass is 16.2. The van der Waals surface area contributed by atoms with Crippen LogP contribution in [-0.4, -0.2) is 45.7 Å². The summed E-state index contributed by atoms with van der Waals surface area (Å²) in [6.07, 6.45) is 5.91. The van der Waals surface area contributed by atoms with E-state index in [1.54, 1.807) is 0 Å². The Balaban J connectivity index is 1.22. The van der Waals surface area contributed by atoms with Crippen LogP contribution in [-0.2, 0) is 0 Å². The minimum atomic E-state index is -0.0758. The number of nitrogens with zero attached hydrogens (tertiary/aromatic N) is 4. The maximum Gasteiger partial charge on any atom is 0.326 e. The standard InChI is InChI=1S/C30H39N5O/c1-21-11-13-25(14-12-21)32-30(36)34(26-9-6-5-7-10-26)18-8-17-33-27-15-16-28(33)20-29(19-27)35-23(3)22(2)31-24(35)4/h5-7,9-14,27-29H,8,15-20H2,1-4H3,(H,32,36). The number of urea groups is 1. The number of imidazole rings is 1. The van der Waals surface area contributed by atoms with Gasteiger partial charge in [0.2, 0.25) is 0 Å². The predicted molar refractivity (Wildman–Crippen MR) is 147 cm³/mol. The second kappa shape index (κ2) is 10.5. The number of rotatable bonds is 7. The van der Waals surface area contributed by atoms with Gasteiger partial charge in [-0.25, -0.2) is 9.78 Å². The minimum absolute atomic E-state index is 0.0758. The van der Waals surface area contributed by atoms with E-state index in [1.807, 2.05) is 59.5 Å². The van der Waals surface area contributed by atoms with Crippen molar-refractivity contribution >= 4 is 17.4 Å². The summed E-state index contributed by atoms with van der Waals surface area (Å²) >= 11 is 0. The van der Waals surface area contributed by atoms with Crippen molar-refractivity contribution in [3.63, 3.8) is 0 Å². The number of piperidine rings is 1. The fraction of sp³-hybridized carbons (Fsp3) is 0.467. The molecule has 2 saturated heterocycles. The summed E-state index contributed by atoms with van der Waals surface area (Å²) in [5.41, 5.74) is 5.42. The van der Waals surface area contributed by atoms with Gasteiger partial charge in [-0.3, -0.25) is 9.80 Å². The van der Waals surface area contributed by atoms with Gasteiger partial charge in [0.05, 0.1) is 5.69 Å². The molecule has 190 valence electrons. The van der Waals surface area contributed by atoms with Crippen LogP contribution >= 0.6 is 0 Å². The first-order valence-electron chi connectivity index (χ1n) is 13.4. The molecule has 0 radical (unpaired) electrons. The van der Waals surface area contributed by atoms with Gasteiger partial charge in [0, 0.05) is 48.3 Å². The quantitative estimate of drug-likeness (QED) is 0.420. The maximum absolute atomic E-state index is 13.3. The van der Waals surface area contributed by atoms with Crippen LogP contribution in [0.15, 0.2) is 54.6 Å².